The lowest BCUT2D eigenvalue weighted by Crippen LogP contribution is -2.28. The van der Waals surface area contributed by atoms with Gasteiger partial charge in [-0.25, -0.2) is 4.39 Å². The van der Waals surface area contributed by atoms with E-state index >= 15 is 0 Å². The van der Waals surface area contributed by atoms with Crippen molar-refractivity contribution < 1.29 is 23.8 Å². The normalized spacial score (nSPS) is 11.2. The van der Waals surface area contributed by atoms with Crippen LogP contribution in [0.2, 0.25) is 0 Å². The Morgan fingerprint density at radius 1 is 1.24 bits per heavy atom. The van der Waals surface area contributed by atoms with E-state index in [0.717, 1.165) is 0 Å². The van der Waals surface area contributed by atoms with Gasteiger partial charge >= 0.3 is 0 Å². The number of pyridine rings is 1. The predicted molar refractivity (Wildman–Crippen MR) is 109 cm³/mol. The molecule has 0 saturated heterocycles. The summed E-state index contributed by atoms with van der Waals surface area (Å²) in [4.78, 5) is 16.9. The molecule has 2 aromatic heterocycles. The van der Waals surface area contributed by atoms with Gasteiger partial charge in [0, 0.05) is 11.8 Å². The van der Waals surface area contributed by atoms with Crippen LogP contribution in [-0.4, -0.2) is 28.2 Å². The van der Waals surface area contributed by atoms with Crippen molar-refractivity contribution in [2.45, 2.75) is 26.1 Å². The first kappa shape index (κ1) is 20.8. The van der Waals surface area contributed by atoms with Crippen LogP contribution in [-0.2, 0) is 6.61 Å². The fourth-order valence-corrected chi connectivity index (χ4v) is 3.14. The van der Waals surface area contributed by atoms with Gasteiger partial charge in [-0.3, -0.25) is 9.78 Å². The molecule has 1 aromatic carbocycles. The van der Waals surface area contributed by atoms with Gasteiger partial charge in [0.1, 0.15) is 35.4 Å². The first-order valence-electron chi connectivity index (χ1n) is 8.87. The van der Waals surface area contributed by atoms with Crippen molar-refractivity contribution in [3.63, 3.8) is 0 Å². The molecule has 0 aliphatic carbocycles. The first-order valence-corrected chi connectivity index (χ1v) is 9.75. The number of thiophene rings is 1. The molecule has 0 fully saturated rings. The number of carbonyl (C=O) groups is 1. The number of hydrogen-bond acceptors (Lipinski definition) is 6. The van der Waals surface area contributed by atoms with Crippen molar-refractivity contribution in [3.05, 3.63) is 70.4 Å². The standard InChI is InChI=1S/C21H21FN2O4S/c1-21(2,26)13-28-17-6-5-15(22)10-14(17)12-27-18-7-9-29-19(18)20(25)24-16-4-3-8-23-11-16/h3-11,26H,12-13H2,1-2H3,(H,24,25). The summed E-state index contributed by atoms with van der Waals surface area (Å²) in [6.07, 6.45) is 3.16. The first-order chi connectivity index (χ1) is 13.8. The zero-order chi connectivity index (χ0) is 20.9. The number of aliphatic hydroxyl groups is 1. The van der Waals surface area contributed by atoms with Crippen LogP contribution in [0.15, 0.2) is 54.2 Å². The van der Waals surface area contributed by atoms with E-state index in [1.807, 2.05) is 0 Å². The summed E-state index contributed by atoms with van der Waals surface area (Å²) in [5.74, 6) is 0.0408. The van der Waals surface area contributed by atoms with E-state index in [2.05, 4.69) is 10.3 Å². The average Bonchev–Trinajstić information content (AvgIpc) is 3.14. The molecule has 6 nitrogen and oxygen atoms in total. The molecule has 1 amide bonds. The maximum absolute atomic E-state index is 13.7. The Labute approximate surface area is 171 Å². The highest BCUT2D eigenvalue weighted by Crippen LogP contribution is 2.29. The fourth-order valence-electron chi connectivity index (χ4n) is 2.41. The number of nitrogens with zero attached hydrogens (tertiary/aromatic N) is 1. The van der Waals surface area contributed by atoms with Crippen LogP contribution in [0.3, 0.4) is 0 Å². The molecule has 0 saturated carbocycles. The van der Waals surface area contributed by atoms with Gasteiger partial charge in [0.2, 0.25) is 0 Å². The van der Waals surface area contributed by atoms with Crippen LogP contribution in [0.4, 0.5) is 10.1 Å². The van der Waals surface area contributed by atoms with Crippen molar-refractivity contribution in [1.29, 1.82) is 0 Å². The van der Waals surface area contributed by atoms with Gasteiger partial charge in [0.25, 0.3) is 5.91 Å². The van der Waals surface area contributed by atoms with Crippen LogP contribution in [0, 0.1) is 5.82 Å². The second-order valence-corrected chi connectivity index (χ2v) is 7.87. The molecule has 0 aliphatic heterocycles. The molecule has 8 heteroatoms. The number of carbonyl (C=O) groups excluding carboxylic acids is 1. The maximum atomic E-state index is 13.7. The summed E-state index contributed by atoms with van der Waals surface area (Å²) in [6.45, 7) is 3.28. The number of benzene rings is 1. The number of nitrogens with one attached hydrogen (secondary N) is 1. The lowest BCUT2D eigenvalue weighted by atomic mass is 10.1. The molecule has 0 atom stereocenters. The SMILES string of the molecule is CC(C)(O)COc1ccc(F)cc1COc1ccsc1C(=O)Nc1cccnc1. The summed E-state index contributed by atoms with van der Waals surface area (Å²) in [7, 11) is 0. The van der Waals surface area contributed by atoms with Crippen LogP contribution in [0.5, 0.6) is 11.5 Å². The molecule has 0 unspecified atom stereocenters. The second kappa shape index (κ2) is 9.02. The molecule has 29 heavy (non-hydrogen) atoms. The van der Waals surface area contributed by atoms with Crippen LogP contribution in [0.25, 0.3) is 0 Å². The number of hydrogen-bond donors (Lipinski definition) is 2. The minimum absolute atomic E-state index is 0.00283. The Kier molecular flexibility index (Phi) is 6.46. The van der Waals surface area contributed by atoms with E-state index in [0.29, 0.717) is 27.6 Å². The number of amides is 1. The summed E-state index contributed by atoms with van der Waals surface area (Å²) in [6, 6.07) is 9.21. The number of anilines is 1. The zero-order valence-corrected chi connectivity index (χ0v) is 16.8. The van der Waals surface area contributed by atoms with E-state index in [9.17, 15) is 14.3 Å². The summed E-state index contributed by atoms with van der Waals surface area (Å²) >= 11 is 1.24. The topological polar surface area (TPSA) is 80.7 Å². The predicted octanol–water partition coefficient (Wildman–Crippen LogP) is 4.26. The molecule has 0 bridgehead atoms. The highest BCUT2D eigenvalue weighted by Gasteiger charge is 2.18. The minimum Gasteiger partial charge on any atom is -0.490 e. The van der Waals surface area contributed by atoms with Crippen LogP contribution >= 0.6 is 11.3 Å². The molecule has 0 spiro atoms. The summed E-state index contributed by atoms with van der Waals surface area (Å²) in [5, 5.41) is 14.3. The van der Waals surface area contributed by atoms with E-state index in [-0.39, 0.29) is 19.1 Å². The van der Waals surface area contributed by atoms with E-state index in [4.69, 9.17) is 9.47 Å². The number of ether oxygens (including phenoxy) is 2. The smallest absolute Gasteiger partial charge is 0.269 e. The van der Waals surface area contributed by atoms with Gasteiger partial charge in [-0.2, -0.15) is 0 Å². The monoisotopic (exact) mass is 416 g/mol. The zero-order valence-electron chi connectivity index (χ0n) is 16.0. The Morgan fingerprint density at radius 2 is 2.07 bits per heavy atom. The van der Waals surface area contributed by atoms with Gasteiger partial charge in [-0.1, -0.05) is 0 Å². The Hall–Kier alpha value is -2.97. The Balaban J connectivity index is 1.70. The lowest BCUT2D eigenvalue weighted by Gasteiger charge is -2.19. The lowest BCUT2D eigenvalue weighted by molar-refractivity contribution is 0.0278. The largest absolute Gasteiger partial charge is 0.490 e. The molecule has 3 aromatic rings. The van der Waals surface area contributed by atoms with Crippen molar-refractivity contribution in [3.8, 4) is 11.5 Å². The van der Waals surface area contributed by atoms with E-state index in [1.165, 1.54) is 29.5 Å². The average molecular weight is 416 g/mol. The molecule has 3 rings (SSSR count). The Morgan fingerprint density at radius 3 is 2.79 bits per heavy atom. The molecular formula is C21H21FN2O4S. The van der Waals surface area contributed by atoms with E-state index < -0.39 is 11.4 Å². The van der Waals surface area contributed by atoms with E-state index in [1.54, 1.807) is 49.8 Å². The van der Waals surface area contributed by atoms with Gasteiger partial charge in [0.05, 0.1) is 17.5 Å². The van der Waals surface area contributed by atoms with Crippen LogP contribution < -0.4 is 14.8 Å². The molecule has 0 aliphatic rings. The summed E-state index contributed by atoms with van der Waals surface area (Å²) in [5.41, 5.74) is 0.0144. The van der Waals surface area contributed by atoms with Gasteiger partial charge < -0.3 is 19.9 Å². The van der Waals surface area contributed by atoms with Gasteiger partial charge in [-0.05, 0) is 55.6 Å². The molecule has 0 radical (unpaired) electrons. The van der Waals surface area contributed by atoms with Crippen LogP contribution in [0.1, 0.15) is 29.1 Å². The fraction of sp³-hybridized carbons (Fsp3) is 0.238. The van der Waals surface area contributed by atoms with Gasteiger partial charge in [-0.15, -0.1) is 11.3 Å². The van der Waals surface area contributed by atoms with Gasteiger partial charge in [0.15, 0.2) is 0 Å². The third-order valence-corrected chi connectivity index (χ3v) is 4.64. The number of aromatic nitrogens is 1. The second-order valence-electron chi connectivity index (χ2n) is 6.95. The third kappa shape index (κ3) is 6.00. The highest BCUT2D eigenvalue weighted by molar-refractivity contribution is 7.12. The number of halogens is 1. The maximum Gasteiger partial charge on any atom is 0.269 e. The molecule has 2 N–H and O–H groups in total. The summed E-state index contributed by atoms with van der Waals surface area (Å²) < 4.78 is 25.1. The molecule has 2 heterocycles. The molecule has 152 valence electrons. The van der Waals surface area contributed by atoms with Crippen molar-refractivity contribution >= 4 is 22.9 Å². The molecular weight excluding hydrogens is 395 g/mol. The quantitative estimate of drug-likeness (QED) is 0.573. The third-order valence-electron chi connectivity index (χ3n) is 3.74. The minimum atomic E-state index is -1.03. The van der Waals surface area contributed by atoms with Crippen molar-refractivity contribution in [2.75, 3.05) is 11.9 Å². The van der Waals surface area contributed by atoms with Crippen molar-refractivity contribution in [2.24, 2.45) is 0 Å². The highest BCUT2D eigenvalue weighted by atomic mass is 32.1. The Bertz CT molecular complexity index is 970. The number of rotatable bonds is 8. The van der Waals surface area contributed by atoms with Crippen molar-refractivity contribution in [1.82, 2.24) is 4.98 Å².